The molecule has 2 rings (SSSR count). The lowest BCUT2D eigenvalue weighted by Gasteiger charge is -2.41. The van der Waals surface area contributed by atoms with Gasteiger partial charge in [-0.15, -0.1) is 0 Å². The lowest BCUT2D eigenvalue weighted by molar-refractivity contribution is -0.138. The highest BCUT2D eigenvalue weighted by Crippen LogP contribution is 2.21. The molecule has 0 aromatic heterocycles. The standard InChI is InChI=1S/C11H20N4O2/c1-12-5-8(14(3)10(16)7-12)9-6-13(2)11(17)15(9)4/h8-9H,5-7H2,1-4H3. The van der Waals surface area contributed by atoms with E-state index in [0.717, 1.165) is 6.54 Å². The average Bonchev–Trinajstić information content (AvgIpc) is 2.51. The van der Waals surface area contributed by atoms with Crippen molar-refractivity contribution in [2.75, 3.05) is 47.8 Å². The summed E-state index contributed by atoms with van der Waals surface area (Å²) >= 11 is 0. The van der Waals surface area contributed by atoms with E-state index >= 15 is 0 Å². The molecule has 0 spiro atoms. The molecule has 2 fully saturated rings. The highest BCUT2D eigenvalue weighted by atomic mass is 16.2. The van der Waals surface area contributed by atoms with Gasteiger partial charge < -0.3 is 14.7 Å². The molecule has 2 atom stereocenters. The van der Waals surface area contributed by atoms with Gasteiger partial charge in [-0.25, -0.2) is 4.79 Å². The summed E-state index contributed by atoms with van der Waals surface area (Å²) in [5, 5.41) is 0. The molecule has 2 heterocycles. The third-order valence-electron chi connectivity index (χ3n) is 3.83. The second kappa shape index (κ2) is 4.18. The third kappa shape index (κ3) is 1.97. The number of piperazine rings is 1. The summed E-state index contributed by atoms with van der Waals surface area (Å²) in [6, 6.07) is 0.202. The largest absolute Gasteiger partial charge is 0.338 e. The Morgan fingerprint density at radius 3 is 2.06 bits per heavy atom. The lowest BCUT2D eigenvalue weighted by Crippen LogP contribution is -2.60. The van der Waals surface area contributed by atoms with E-state index in [-0.39, 0.29) is 24.0 Å². The molecule has 0 aromatic rings. The quantitative estimate of drug-likeness (QED) is 0.598. The summed E-state index contributed by atoms with van der Waals surface area (Å²) in [5.41, 5.74) is 0. The second-order valence-corrected chi connectivity index (χ2v) is 5.11. The molecule has 0 aliphatic carbocycles. The van der Waals surface area contributed by atoms with Crippen LogP contribution in [-0.2, 0) is 4.79 Å². The van der Waals surface area contributed by atoms with Crippen LogP contribution in [0.2, 0.25) is 0 Å². The smallest absolute Gasteiger partial charge is 0.319 e. The predicted molar refractivity (Wildman–Crippen MR) is 63.6 cm³/mol. The van der Waals surface area contributed by atoms with E-state index in [1.165, 1.54) is 0 Å². The van der Waals surface area contributed by atoms with E-state index in [0.29, 0.717) is 13.1 Å². The van der Waals surface area contributed by atoms with Gasteiger partial charge in [0.2, 0.25) is 5.91 Å². The first kappa shape index (κ1) is 12.2. The molecule has 0 radical (unpaired) electrons. The summed E-state index contributed by atoms with van der Waals surface area (Å²) in [4.78, 5) is 30.8. The fraction of sp³-hybridized carbons (Fsp3) is 0.818. The summed E-state index contributed by atoms with van der Waals surface area (Å²) in [6.45, 7) is 1.97. The van der Waals surface area contributed by atoms with E-state index in [9.17, 15) is 9.59 Å². The van der Waals surface area contributed by atoms with Gasteiger partial charge in [-0.2, -0.15) is 0 Å². The van der Waals surface area contributed by atoms with Gasteiger partial charge in [0.05, 0.1) is 18.6 Å². The number of hydrogen-bond acceptors (Lipinski definition) is 3. The summed E-state index contributed by atoms with van der Waals surface area (Å²) < 4.78 is 0. The first-order valence-corrected chi connectivity index (χ1v) is 5.84. The molecule has 0 bridgehead atoms. The van der Waals surface area contributed by atoms with Crippen molar-refractivity contribution in [3.8, 4) is 0 Å². The summed E-state index contributed by atoms with van der Waals surface area (Å²) in [6.07, 6.45) is 0. The number of rotatable bonds is 1. The van der Waals surface area contributed by atoms with E-state index in [4.69, 9.17) is 0 Å². The molecule has 6 heteroatoms. The molecule has 2 aliphatic rings. The van der Waals surface area contributed by atoms with Crippen LogP contribution >= 0.6 is 0 Å². The van der Waals surface area contributed by atoms with Crippen molar-refractivity contribution >= 4 is 11.9 Å². The molecule has 0 aromatic carbocycles. The Bertz CT molecular complexity index is 346. The Labute approximate surface area is 102 Å². The maximum atomic E-state index is 11.8. The van der Waals surface area contributed by atoms with Crippen molar-refractivity contribution in [1.29, 1.82) is 0 Å². The van der Waals surface area contributed by atoms with Crippen LogP contribution < -0.4 is 0 Å². The number of amides is 3. The van der Waals surface area contributed by atoms with E-state index in [2.05, 4.69) is 0 Å². The Hall–Kier alpha value is -1.30. The van der Waals surface area contributed by atoms with Crippen molar-refractivity contribution in [1.82, 2.24) is 19.6 Å². The highest BCUT2D eigenvalue weighted by molar-refractivity contribution is 5.80. The predicted octanol–water partition coefficient (Wildman–Crippen LogP) is -0.875. The Kier molecular flexibility index (Phi) is 2.99. The molecular weight excluding hydrogens is 220 g/mol. The van der Waals surface area contributed by atoms with Crippen LogP contribution in [-0.4, -0.2) is 91.4 Å². The SMILES string of the molecule is CN1CC(=O)N(C)C(C2CN(C)C(=O)N2C)C1. The Morgan fingerprint density at radius 2 is 1.53 bits per heavy atom. The van der Waals surface area contributed by atoms with Gasteiger partial charge in [0, 0.05) is 34.2 Å². The Morgan fingerprint density at radius 1 is 0.941 bits per heavy atom. The van der Waals surface area contributed by atoms with E-state index in [1.54, 1.807) is 21.7 Å². The van der Waals surface area contributed by atoms with Gasteiger partial charge in [-0.05, 0) is 7.05 Å². The van der Waals surface area contributed by atoms with Crippen LogP contribution in [0.3, 0.4) is 0 Å². The first-order valence-electron chi connectivity index (χ1n) is 5.84. The normalized spacial score (nSPS) is 31.6. The Balaban J connectivity index is 2.16. The molecule has 17 heavy (non-hydrogen) atoms. The number of carbonyl (C=O) groups excluding carboxylic acids is 2. The molecule has 0 N–H and O–H groups in total. The zero-order valence-electron chi connectivity index (χ0n) is 10.9. The van der Waals surface area contributed by atoms with Crippen LogP contribution in [0.5, 0.6) is 0 Å². The van der Waals surface area contributed by atoms with Gasteiger partial charge >= 0.3 is 6.03 Å². The summed E-state index contributed by atoms with van der Waals surface area (Å²) in [7, 11) is 7.38. The monoisotopic (exact) mass is 240 g/mol. The number of hydrogen-bond donors (Lipinski definition) is 0. The molecule has 2 aliphatic heterocycles. The lowest BCUT2D eigenvalue weighted by atomic mass is 10.0. The van der Waals surface area contributed by atoms with E-state index < -0.39 is 0 Å². The van der Waals surface area contributed by atoms with Crippen LogP contribution in [0.1, 0.15) is 0 Å². The molecule has 3 amide bonds. The van der Waals surface area contributed by atoms with Crippen molar-refractivity contribution < 1.29 is 9.59 Å². The maximum Gasteiger partial charge on any atom is 0.319 e. The zero-order valence-corrected chi connectivity index (χ0v) is 10.9. The van der Waals surface area contributed by atoms with Gasteiger partial charge in [-0.1, -0.05) is 0 Å². The minimum atomic E-state index is 0.0316. The average molecular weight is 240 g/mol. The summed E-state index contributed by atoms with van der Waals surface area (Å²) in [5.74, 6) is 0.124. The number of urea groups is 1. The number of carbonyl (C=O) groups is 2. The van der Waals surface area contributed by atoms with Crippen LogP contribution in [0.4, 0.5) is 4.79 Å². The molecule has 96 valence electrons. The van der Waals surface area contributed by atoms with Gasteiger partial charge in [0.25, 0.3) is 0 Å². The third-order valence-corrected chi connectivity index (χ3v) is 3.83. The number of nitrogens with zero attached hydrogens (tertiary/aromatic N) is 4. The molecule has 6 nitrogen and oxygen atoms in total. The fourth-order valence-electron chi connectivity index (χ4n) is 2.69. The van der Waals surface area contributed by atoms with Crippen molar-refractivity contribution in [3.63, 3.8) is 0 Å². The maximum absolute atomic E-state index is 11.8. The van der Waals surface area contributed by atoms with Crippen molar-refractivity contribution in [2.45, 2.75) is 12.1 Å². The van der Waals surface area contributed by atoms with Gasteiger partial charge in [0.1, 0.15) is 0 Å². The minimum Gasteiger partial charge on any atom is -0.338 e. The van der Waals surface area contributed by atoms with Crippen LogP contribution in [0.25, 0.3) is 0 Å². The zero-order chi connectivity index (χ0) is 12.7. The fourth-order valence-corrected chi connectivity index (χ4v) is 2.69. The van der Waals surface area contributed by atoms with Crippen LogP contribution in [0.15, 0.2) is 0 Å². The molecule has 2 saturated heterocycles. The topological polar surface area (TPSA) is 47.1 Å². The van der Waals surface area contributed by atoms with Crippen molar-refractivity contribution in [3.05, 3.63) is 0 Å². The number of likely N-dealkylation sites (N-methyl/N-ethyl adjacent to an activating group) is 4. The molecule has 0 saturated carbocycles. The minimum absolute atomic E-state index is 0.0316. The molecule has 2 unspecified atom stereocenters. The van der Waals surface area contributed by atoms with Crippen LogP contribution in [0, 0.1) is 0 Å². The van der Waals surface area contributed by atoms with Crippen molar-refractivity contribution in [2.24, 2.45) is 0 Å². The second-order valence-electron chi connectivity index (χ2n) is 5.11. The first-order chi connectivity index (χ1) is 7.91. The van der Waals surface area contributed by atoms with E-state index in [1.807, 2.05) is 26.0 Å². The van der Waals surface area contributed by atoms with Gasteiger partial charge in [-0.3, -0.25) is 9.69 Å². The highest BCUT2D eigenvalue weighted by Gasteiger charge is 2.42. The molecular formula is C11H20N4O2. The van der Waals surface area contributed by atoms with Gasteiger partial charge in [0.15, 0.2) is 0 Å².